The van der Waals surface area contributed by atoms with Crippen molar-refractivity contribution in [3.63, 3.8) is 0 Å². The summed E-state index contributed by atoms with van der Waals surface area (Å²) in [5, 5.41) is 5.59. The Kier molecular flexibility index (Phi) is 5.47. The highest BCUT2D eigenvalue weighted by Gasteiger charge is 2.45. The van der Waals surface area contributed by atoms with Gasteiger partial charge in [0.2, 0.25) is 11.8 Å². The van der Waals surface area contributed by atoms with Crippen LogP contribution >= 0.6 is 0 Å². The minimum Gasteiger partial charge on any atom is -0.328 e. The van der Waals surface area contributed by atoms with Crippen LogP contribution in [0.1, 0.15) is 64.8 Å². The van der Waals surface area contributed by atoms with Crippen LogP contribution in [0.2, 0.25) is 0 Å². The first kappa shape index (κ1) is 19.7. The summed E-state index contributed by atoms with van der Waals surface area (Å²) >= 11 is 0. The maximum atomic E-state index is 13.0. The Hall–Kier alpha value is -2.58. The lowest BCUT2D eigenvalue weighted by Crippen LogP contribution is -2.54. The Morgan fingerprint density at radius 2 is 1.93 bits per heavy atom. The number of benzene rings is 1. The number of piperidine rings is 1. The molecule has 1 aromatic rings. The van der Waals surface area contributed by atoms with Crippen LogP contribution in [0, 0.1) is 5.92 Å². The lowest BCUT2D eigenvalue weighted by atomic mass is 10.0. The Morgan fingerprint density at radius 1 is 1.10 bits per heavy atom. The van der Waals surface area contributed by atoms with E-state index in [2.05, 4.69) is 10.6 Å². The molecule has 1 aliphatic carbocycles. The highest BCUT2D eigenvalue weighted by Crippen LogP contribution is 2.30. The molecule has 2 heterocycles. The lowest BCUT2D eigenvalue weighted by molar-refractivity contribution is -0.136. The molecule has 1 aromatic carbocycles. The Bertz CT molecular complexity index is 868. The quantitative estimate of drug-likeness (QED) is 0.479. The number of fused-ring (bicyclic) bond motifs is 1. The minimum atomic E-state index is -0.938. The molecule has 154 valence electrons. The molecule has 8 nitrogen and oxygen atoms in total. The zero-order valence-electron chi connectivity index (χ0n) is 16.3. The van der Waals surface area contributed by atoms with Gasteiger partial charge in [0.05, 0.1) is 11.1 Å². The highest BCUT2D eigenvalue weighted by atomic mass is 16.2. The molecule has 3 atom stereocenters. The number of nitrogens with zero attached hydrogens (tertiary/aromatic N) is 1. The Labute approximate surface area is 169 Å². The molecular formula is C21H26N4O4. The van der Waals surface area contributed by atoms with E-state index in [0.717, 1.165) is 42.7 Å². The first-order valence-corrected chi connectivity index (χ1v) is 10.3. The van der Waals surface area contributed by atoms with E-state index in [9.17, 15) is 19.2 Å². The van der Waals surface area contributed by atoms with Gasteiger partial charge in [0.1, 0.15) is 6.04 Å². The topological polar surface area (TPSA) is 122 Å². The van der Waals surface area contributed by atoms with Crippen LogP contribution in [0.15, 0.2) is 18.2 Å². The summed E-state index contributed by atoms with van der Waals surface area (Å²) in [5.74, 6) is -1.26. The van der Waals surface area contributed by atoms with Crippen molar-refractivity contribution >= 4 is 23.6 Å². The van der Waals surface area contributed by atoms with Gasteiger partial charge in [0.15, 0.2) is 0 Å². The number of carbonyl (C=O) groups excluding carboxylic acids is 4. The molecular weight excluding hydrogens is 372 g/mol. The predicted molar refractivity (Wildman–Crippen MR) is 105 cm³/mol. The van der Waals surface area contributed by atoms with Gasteiger partial charge in [0.25, 0.3) is 11.8 Å². The van der Waals surface area contributed by atoms with Gasteiger partial charge in [-0.05, 0) is 56.2 Å². The fraction of sp³-hybridized carbons (Fsp3) is 0.524. The van der Waals surface area contributed by atoms with Crippen molar-refractivity contribution in [2.24, 2.45) is 11.7 Å². The number of carbonyl (C=O) groups is 4. The first-order chi connectivity index (χ1) is 14.0. The monoisotopic (exact) mass is 398 g/mol. The van der Waals surface area contributed by atoms with E-state index in [4.69, 9.17) is 5.73 Å². The molecule has 2 aliphatic heterocycles. The molecule has 0 radical (unpaired) electrons. The number of nitrogens with two attached hydrogens (primary N) is 1. The van der Waals surface area contributed by atoms with Crippen LogP contribution in [0.25, 0.3) is 0 Å². The molecule has 0 spiro atoms. The van der Waals surface area contributed by atoms with Gasteiger partial charge in [-0.25, -0.2) is 0 Å². The van der Waals surface area contributed by atoms with E-state index in [0.29, 0.717) is 29.6 Å². The molecule has 1 unspecified atom stereocenters. The van der Waals surface area contributed by atoms with Gasteiger partial charge >= 0.3 is 0 Å². The van der Waals surface area contributed by atoms with Crippen LogP contribution in [-0.4, -0.2) is 47.2 Å². The average Bonchev–Trinajstić information content (AvgIpc) is 3.21. The molecule has 1 saturated carbocycles. The molecule has 3 aliphatic rings. The van der Waals surface area contributed by atoms with Crippen LogP contribution in [0.3, 0.4) is 0 Å². The van der Waals surface area contributed by atoms with Crippen molar-refractivity contribution < 1.29 is 19.2 Å². The summed E-state index contributed by atoms with van der Waals surface area (Å²) in [6, 6.07) is 4.58. The fourth-order valence-electron chi connectivity index (χ4n) is 4.64. The SMILES string of the molecule is N[C@@H]1CC[C@H](CCNCc2cccc3c2C(=O)N(C2CCC(=O)NC2=O)C3=O)C1. The second kappa shape index (κ2) is 8.04. The van der Waals surface area contributed by atoms with Crippen molar-refractivity contribution in [3.8, 4) is 0 Å². The van der Waals surface area contributed by atoms with Crippen LogP contribution in [0.5, 0.6) is 0 Å². The third kappa shape index (κ3) is 3.82. The second-order valence-corrected chi connectivity index (χ2v) is 8.19. The van der Waals surface area contributed by atoms with Crippen molar-refractivity contribution in [2.45, 2.75) is 57.2 Å². The van der Waals surface area contributed by atoms with Crippen molar-refractivity contribution in [1.29, 1.82) is 0 Å². The smallest absolute Gasteiger partial charge is 0.262 e. The summed E-state index contributed by atoms with van der Waals surface area (Å²) in [6.07, 6.45) is 4.63. The third-order valence-corrected chi connectivity index (χ3v) is 6.18. The van der Waals surface area contributed by atoms with Gasteiger partial charge in [-0.15, -0.1) is 0 Å². The molecule has 4 N–H and O–H groups in total. The van der Waals surface area contributed by atoms with E-state index in [1.807, 2.05) is 6.07 Å². The molecule has 4 amide bonds. The van der Waals surface area contributed by atoms with Gasteiger partial charge in [-0.1, -0.05) is 12.1 Å². The molecule has 0 aromatic heterocycles. The van der Waals surface area contributed by atoms with E-state index in [-0.39, 0.29) is 18.7 Å². The largest absolute Gasteiger partial charge is 0.328 e. The number of hydrogen-bond acceptors (Lipinski definition) is 6. The molecule has 8 heteroatoms. The standard InChI is InChI=1S/C21H26N4O4/c22-14-5-4-12(10-14)8-9-23-11-13-2-1-3-15-18(13)21(29)25(20(15)28)16-6-7-17(26)24-19(16)27/h1-3,12,14,16,23H,4-11,22H2,(H,24,26,27)/t12-,14-,16?/m1/s1. The second-order valence-electron chi connectivity index (χ2n) is 8.19. The van der Waals surface area contributed by atoms with E-state index in [1.54, 1.807) is 12.1 Å². The summed E-state index contributed by atoms with van der Waals surface area (Å²) in [4.78, 5) is 50.4. The predicted octanol–water partition coefficient (Wildman–Crippen LogP) is 0.695. The minimum absolute atomic E-state index is 0.114. The zero-order chi connectivity index (χ0) is 20.5. The van der Waals surface area contributed by atoms with Crippen LogP contribution < -0.4 is 16.4 Å². The summed E-state index contributed by atoms with van der Waals surface area (Å²) < 4.78 is 0. The van der Waals surface area contributed by atoms with Crippen molar-refractivity contribution in [3.05, 3.63) is 34.9 Å². The first-order valence-electron chi connectivity index (χ1n) is 10.3. The maximum absolute atomic E-state index is 13.0. The summed E-state index contributed by atoms with van der Waals surface area (Å²) in [5.41, 5.74) is 7.39. The Balaban J connectivity index is 1.43. The number of amides is 4. The summed E-state index contributed by atoms with van der Waals surface area (Å²) in [6.45, 7) is 1.30. The van der Waals surface area contributed by atoms with Gasteiger partial charge in [-0.3, -0.25) is 29.4 Å². The van der Waals surface area contributed by atoms with E-state index in [1.165, 1.54) is 0 Å². The molecule has 29 heavy (non-hydrogen) atoms. The van der Waals surface area contributed by atoms with E-state index < -0.39 is 23.8 Å². The molecule has 1 saturated heterocycles. The molecule has 4 rings (SSSR count). The van der Waals surface area contributed by atoms with Gasteiger partial charge in [0, 0.05) is 19.0 Å². The van der Waals surface area contributed by atoms with Crippen molar-refractivity contribution in [2.75, 3.05) is 6.54 Å². The maximum Gasteiger partial charge on any atom is 0.262 e. The molecule has 2 fully saturated rings. The lowest BCUT2D eigenvalue weighted by Gasteiger charge is -2.27. The van der Waals surface area contributed by atoms with Gasteiger partial charge < -0.3 is 11.1 Å². The highest BCUT2D eigenvalue weighted by molar-refractivity contribution is 6.24. The number of imide groups is 2. The van der Waals surface area contributed by atoms with Crippen molar-refractivity contribution in [1.82, 2.24) is 15.5 Å². The van der Waals surface area contributed by atoms with E-state index >= 15 is 0 Å². The molecule has 0 bridgehead atoms. The number of hydrogen-bond donors (Lipinski definition) is 3. The normalized spacial score (nSPS) is 26.8. The zero-order valence-corrected chi connectivity index (χ0v) is 16.3. The third-order valence-electron chi connectivity index (χ3n) is 6.18. The summed E-state index contributed by atoms with van der Waals surface area (Å²) in [7, 11) is 0. The number of nitrogens with one attached hydrogen (secondary N) is 2. The van der Waals surface area contributed by atoms with Gasteiger partial charge in [-0.2, -0.15) is 0 Å². The van der Waals surface area contributed by atoms with Crippen LogP contribution in [0.4, 0.5) is 0 Å². The number of rotatable bonds is 6. The Morgan fingerprint density at radius 3 is 2.66 bits per heavy atom. The van der Waals surface area contributed by atoms with Crippen LogP contribution in [-0.2, 0) is 16.1 Å². The average molecular weight is 398 g/mol. The fourth-order valence-corrected chi connectivity index (χ4v) is 4.64.